The Bertz CT molecular complexity index is 690. The molecule has 0 saturated carbocycles. The average molecular weight is 338 g/mol. The zero-order valence-corrected chi connectivity index (χ0v) is 15.2. The molecule has 132 valence electrons. The van der Waals surface area contributed by atoms with Gasteiger partial charge >= 0.3 is 0 Å². The summed E-state index contributed by atoms with van der Waals surface area (Å²) in [5.41, 5.74) is 1.85. The van der Waals surface area contributed by atoms with E-state index >= 15 is 0 Å². The smallest absolute Gasteiger partial charge is 0.233 e. The lowest BCUT2D eigenvalue weighted by molar-refractivity contribution is 0.0817. The lowest BCUT2D eigenvalue weighted by Gasteiger charge is -2.33. The molecule has 0 aliphatic carbocycles. The normalized spacial score (nSPS) is 10.7. The molecule has 4 nitrogen and oxygen atoms in total. The Hall–Kier alpha value is -2.46. The first-order valence-electron chi connectivity index (χ1n) is 8.81. The molecular weight excluding hydrogens is 312 g/mol. The van der Waals surface area contributed by atoms with Crippen LogP contribution in [-0.2, 0) is 0 Å². The van der Waals surface area contributed by atoms with Gasteiger partial charge in [0.05, 0.1) is 5.69 Å². The highest BCUT2D eigenvalue weighted by Crippen LogP contribution is 2.18. The maximum absolute atomic E-state index is 12.4. The van der Waals surface area contributed by atoms with Crippen LogP contribution in [0.15, 0.2) is 54.6 Å². The Morgan fingerprint density at radius 3 is 1.72 bits per heavy atom. The molecule has 0 N–H and O–H groups in total. The van der Waals surface area contributed by atoms with Gasteiger partial charge < -0.3 is 5.01 Å². The van der Waals surface area contributed by atoms with Gasteiger partial charge in [-0.3, -0.25) is 9.59 Å². The van der Waals surface area contributed by atoms with Crippen molar-refractivity contribution in [2.24, 2.45) is 0 Å². The summed E-state index contributed by atoms with van der Waals surface area (Å²) in [6, 6.07) is 15.9. The van der Waals surface area contributed by atoms with Gasteiger partial charge in [0.25, 0.3) is 0 Å². The Balaban J connectivity index is 2.13. The van der Waals surface area contributed by atoms with Gasteiger partial charge in [0.15, 0.2) is 0 Å². The van der Waals surface area contributed by atoms with Gasteiger partial charge in [0.1, 0.15) is 0 Å². The standard InChI is InChI=1S/C21H26N2O2/c1-4-15-23(16-5-2)22(3)19-13-11-18(12-14-19)21(25)20(24)17-9-7-6-8-10-17/h6-14H,4-5,15-16H2,1-3H3. The van der Waals surface area contributed by atoms with Crippen LogP contribution in [0, 0.1) is 0 Å². The second-order valence-corrected chi connectivity index (χ2v) is 6.05. The van der Waals surface area contributed by atoms with Crippen LogP contribution in [-0.4, -0.2) is 36.7 Å². The minimum Gasteiger partial charge on any atom is -0.309 e. The molecule has 0 spiro atoms. The molecule has 0 atom stereocenters. The molecule has 2 aromatic carbocycles. The number of benzene rings is 2. The molecular formula is C21H26N2O2. The first kappa shape index (κ1) is 18.9. The monoisotopic (exact) mass is 338 g/mol. The third-order valence-electron chi connectivity index (χ3n) is 4.13. The van der Waals surface area contributed by atoms with E-state index in [1.54, 1.807) is 36.4 Å². The highest BCUT2D eigenvalue weighted by atomic mass is 16.2. The number of hydrogen-bond acceptors (Lipinski definition) is 4. The first-order valence-corrected chi connectivity index (χ1v) is 8.81. The summed E-state index contributed by atoms with van der Waals surface area (Å²) in [4.78, 5) is 24.7. The maximum Gasteiger partial charge on any atom is 0.233 e. The van der Waals surface area contributed by atoms with E-state index < -0.39 is 11.6 Å². The summed E-state index contributed by atoms with van der Waals surface area (Å²) in [6.45, 7) is 6.29. The molecule has 0 radical (unpaired) electrons. The minimum atomic E-state index is -0.473. The number of anilines is 1. The molecule has 25 heavy (non-hydrogen) atoms. The number of hydrogen-bond donors (Lipinski definition) is 0. The van der Waals surface area contributed by atoms with Gasteiger partial charge in [-0.05, 0) is 37.1 Å². The number of Topliss-reactive ketones (excluding diaryl/α,β-unsaturated/α-hetero) is 2. The van der Waals surface area contributed by atoms with E-state index in [-0.39, 0.29) is 0 Å². The van der Waals surface area contributed by atoms with Crippen LogP contribution in [0.5, 0.6) is 0 Å². The number of nitrogens with zero attached hydrogens (tertiary/aromatic N) is 2. The molecule has 2 rings (SSSR count). The van der Waals surface area contributed by atoms with Gasteiger partial charge in [0.2, 0.25) is 11.6 Å². The van der Waals surface area contributed by atoms with Crippen molar-refractivity contribution in [3.8, 4) is 0 Å². The molecule has 0 aliphatic rings. The van der Waals surface area contributed by atoms with Crippen LogP contribution in [0.4, 0.5) is 5.69 Å². The SMILES string of the molecule is CCCN(CCC)N(C)c1ccc(C(=O)C(=O)c2ccccc2)cc1. The van der Waals surface area contributed by atoms with Crippen molar-refractivity contribution in [1.82, 2.24) is 5.01 Å². The molecule has 0 aliphatic heterocycles. The highest BCUT2D eigenvalue weighted by Gasteiger charge is 2.18. The van der Waals surface area contributed by atoms with Crippen LogP contribution >= 0.6 is 0 Å². The summed E-state index contributed by atoms with van der Waals surface area (Å²) < 4.78 is 0. The van der Waals surface area contributed by atoms with E-state index in [0.29, 0.717) is 11.1 Å². The predicted octanol–water partition coefficient (Wildman–Crippen LogP) is 4.23. The van der Waals surface area contributed by atoms with E-state index in [1.165, 1.54) is 0 Å². The summed E-state index contributed by atoms with van der Waals surface area (Å²) in [5.74, 6) is -0.945. The number of carbonyl (C=O) groups excluding carboxylic acids is 2. The highest BCUT2D eigenvalue weighted by molar-refractivity contribution is 6.49. The second-order valence-electron chi connectivity index (χ2n) is 6.05. The maximum atomic E-state index is 12.4. The molecule has 0 unspecified atom stereocenters. The van der Waals surface area contributed by atoms with Crippen molar-refractivity contribution in [3.05, 3.63) is 65.7 Å². The van der Waals surface area contributed by atoms with E-state index in [9.17, 15) is 9.59 Å². The number of rotatable bonds is 9. The fourth-order valence-electron chi connectivity index (χ4n) is 2.77. The van der Waals surface area contributed by atoms with Crippen molar-refractivity contribution < 1.29 is 9.59 Å². The number of hydrazine groups is 1. The van der Waals surface area contributed by atoms with Crippen molar-refractivity contribution in [3.63, 3.8) is 0 Å². The van der Waals surface area contributed by atoms with Gasteiger partial charge in [0, 0.05) is 31.3 Å². The number of carbonyl (C=O) groups is 2. The summed E-state index contributed by atoms with van der Waals surface area (Å²) in [6.07, 6.45) is 2.15. The average Bonchev–Trinajstić information content (AvgIpc) is 2.67. The lowest BCUT2D eigenvalue weighted by atomic mass is 10.0. The molecule has 4 heteroatoms. The summed E-state index contributed by atoms with van der Waals surface area (Å²) in [7, 11) is 2.03. The van der Waals surface area contributed by atoms with Crippen LogP contribution in [0.25, 0.3) is 0 Å². The fourth-order valence-corrected chi connectivity index (χ4v) is 2.77. The molecule has 0 saturated heterocycles. The van der Waals surface area contributed by atoms with Crippen molar-refractivity contribution in [2.75, 3.05) is 25.1 Å². The first-order chi connectivity index (χ1) is 12.1. The zero-order valence-electron chi connectivity index (χ0n) is 15.2. The van der Waals surface area contributed by atoms with Gasteiger partial charge in [-0.2, -0.15) is 0 Å². The predicted molar refractivity (Wildman–Crippen MR) is 102 cm³/mol. The second kappa shape index (κ2) is 9.14. The lowest BCUT2D eigenvalue weighted by Crippen LogP contribution is -2.41. The largest absolute Gasteiger partial charge is 0.309 e. The van der Waals surface area contributed by atoms with Crippen LogP contribution < -0.4 is 5.01 Å². The van der Waals surface area contributed by atoms with Gasteiger partial charge in [-0.15, -0.1) is 0 Å². The third-order valence-corrected chi connectivity index (χ3v) is 4.13. The zero-order chi connectivity index (χ0) is 18.2. The molecule has 2 aromatic rings. The fraction of sp³-hybridized carbons (Fsp3) is 0.333. The van der Waals surface area contributed by atoms with Crippen LogP contribution in [0.1, 0.15) is 47.4 Å². The minimum absolute atomic E-state index is 0.420. The van der Waals surface area contributed by atoms with Crippen molar-refractivity contribution in [1.29, 1.82) is 0 Å². The molecule has 0 bridgehead atoms. The van der Waals surface area contributed by atoms with Crippen LogP contribution in [0.2, 0.25) is 0 Å². The third kappa shape index (κ3) is 4.77. The Morgan fingerprint density at radius 1 is 0.760 bits per heavy atom. The Kier molecular flexibility index (Phi) is 6.90. The Morgan fingerprint density at radius 2 is 1.24 bits per heavy atom. The van der Waals surface area contributed by atoms with Crippen molar-refractivity contribution >= 4 is 17.3 Å². The van der Waals surface area contributed by atoms with E-state index in [1.807, 2.05) is 25.2 Å². The van der Waals surface area contributed by atoms with Crippen molar-refractivity contribution in [2.45, 2.75) is 26.7 Å². The quantitative estimate of drug-likeness (QED) is 0.390. The Labute approximate surface area is 150 Å². The van der Waals surface area contributed by atoms with E-state index in [0.717, 1.165) is 31.6 Å². The summed E-state index contributed by atoms with van der Waals surface area (Å²) >= 11 is 0. The molecule has 0 fully saturated rings. The number of ketones is 2. The van der Waals surface area contributed by atoms with E-state index in [2.05, 4.69) is 23.9 Å². The van der Waals surface area contributed by atoms with Gasteiger partial charge in [-0.25, -0.2) is 5.01 Å². The van der Waals surface area contributed by atoms with Crippen LogP contribution in [0.3, 0.4) is 0 Å². The molecule has 0 aromatic heterocycles. The topological polar surface area (TPSA) is 40.6 Å². The molecule has 0 heterocycles. The van der Waals surface area contributed by atoms with E-state index in [4.69, 9.17) is 0 Å². The van der Waals surface area contributed by atoms with Gasteiger partial charge in [-0.1, -0.05) is 44.2 Å². The molecule has 0 amide bonds. The summed E-state index contributed by atoms with van der Waals surface area (Å²) in [5, 5.41) is 4.40.